The SMILES string of the molecule is Cn1cc(C[C@H]2NC(=O)[C@@H](CCC(=O)OCc3ccccc3)NC2=O)c2ccccc21. The fourth-order valence-corrected chi connectivity index (χ4v) is 3.90. The van der Waals surface area contributed by atoms with E-state index in [0.717, 1.165) is 22.0 Å². The van der Waals surface area contributed by atoms with Crippen molar-refractivity contribution in [2.24, 2.45) is 7.05 Å². The topological polar surface area (TPSA) is 89.4 Å². The van der Waals surface area contributed by atoms with E-state index in [9.17, 15) is 14.4 Å². The van der Waals surface area contributed by atoms with E-state index in [0.29, 0.717) is 6.42 Å². The van der Waals surface area contributed by atoms with Gasteiger partial charge in [-0.3, -0.25) is 14.4 Å². The molecule has 0 spiro atoms. The second-order valence-corrected chi connectivity index (χ2v) is 7.79. The molecule has 4 rings (SSSR count). The lowest BCUT2D eigenvalue weighted by Crippen LogP contribution is -2.62. The number of aryl methyl sites for hydroxylation is 1. The van der Waals surface area contributed by atoms with Crippen molar-refractivity contribution < 1.29 is 19.1 Å². The predicted octanol–water partition coefficient (Wildman–Crippen LogP) is 2.23. The standard InChI is InChI=1S/C24H25N3O4/c1-27-14-17(18-9-5-6-10-21(18)27)13-20-24(30)25-19(23(29)26-20)11-12-22(28)31-15-16-7-3-2-4-8-16/h2-10,14,19-20H,11-13,15H2,1H3,(H,25,30)(H,26,29)/t19-,20-/m1/s1. The van der Waals surface area contributed by atoms with Gasteiger partial charge in [0.15, 0.2) is 0 Å². The quantitative estimate of drug-likeness (QED) is 0.575. The highest BCUT2D eigenvalue weighted by Crippen LogP contribution is 2.22. The monoisotopic (exact) mass is 419 g/mol. The van der Waals surface area contributed by atoms with Crippen LogP contribution in [-0.4, -0.2) is 34.4 Å². The molecule has 2 amide bonds. The van der Waals surface area contributed by atoms with E-state index in [-0.39, 0.29) is 31.3 Å². The number of carbonyl (C=O) groups is 3. The van der Waals surface area contributed by atoms with Crippen molar-refractivity contribution in [2.75, 3.05) is 0 Å². The molecule has 7 nitrogen and oxygen atoms in total. The minimum Gasteiger partial charge on any atom is -0.461 e. The highest BCUT2D eigenvalue weighted by Gasteiger charge is 2.34. The number of aromatic nitrogens is 1. The van der Waals surface area contributed by atoms with Gasteiger partial charge in [-0.2, -0.15) is 0 Å². The summed E-state index contributed by atoms with van der Waals surface area (Å²) in [5, 5.41) is 6.63. The lowest BCUT2D eigenvalue weighted by molar-refractivity contribution is -0.146. The van der Waals surface area contributed by atoms with E-state index in [1.54, 1.807) is 0 Å². The van der Waals surface area contributed by atoms with Crippen molar-refractivity contribution in [2.45, 2.75) is 38.0 Å². The number of hydrogen-bond acceptors (Lipinski definition) is 4. The Labute approximate surface area is 180 Å². The third-order valence-corrected chi connectivity index (χ3v) is 5.55. The summed E-state index contributed by atoms with van der Waals surface area (Å²) in [5.74, 6) is -0.917. The van der Waals surface area contributed by atoms with Gasteiger partial charge in [0.05, 0.1) is 0 Å². The molecule has 7 heteroatoms. The molecule has 160 valence electrons. The molecule has 0 aliphatic carbocycles. The van der Waals surface area contributed by atoms with Gasteiger partial charge < -0.3 is 19.9 Å². The Kier molecular flexibility index (Phi) is 6.02. The number of rotatable bonds is 7. The number of carbonyl (C=O) groups excluding carboxylic acids is 3. The number of piperazine rings is 1. The Morgan fingerprint density at radius 1 is 0.968 bits per heavy atom. The molecule has 0 radical (unpaired) electrons. The van der Waals surface area contributed by atoms with E-state index in [1.807, 2.05) is 72.4 Å². The Bertz CT molecular complexity index is 1110. The third kappa shape index (κ3) is 4.77. The van der Waals surface area contributed by atoms with Crippen LogP contribution in [0.3, 0.4) is 0 Å². The van der Waals surface area contributed by atoms with Gasteiger partial charge >= 0.3 is 5.97 Å². The number of esters is 1. The average Bonchev–Trinajstić information content (AvgIpc) is 3.10. The van der Waals surface area contributed by atoms with Crippen LogP contribution in [-0.2, 0) is 39.2 Å². The maximum Gasteiger partial charge on any atom is 0.306 e. The van der Waals surface area contributed by atoms with Gasteiger partial charge in [0.2, 0.25) is 11.8 Å². The van der Waals surface area contributed by atoms with Gasteiger partial charge in [0.1, 0.15) is 18.7 Å². The van der Waals surface area contributed by atoms with Crippen LogP contribution in [0.2, 0.25) is 0 Å². The van der Waals surface area contributed by atoms with E-state index in [4.69, 9.17) is 4.74 Å². The zero-order valence-electron chi connectivity index (χ0n) is 17.3. The Balaban J connectivity index is 1.30. The molecule has 1 saturated heterocycles. The molecule has 1 aliphatic rings. The zero-order valence-corrected chi connectivity index (χ0v) is 17.3. The Hall–Kier alpha value is -3.61. The first kappa shape index (κ1) is 20.7. The molecular weight excluding hydrogens is 394 g/mol. The van der Waals surface area contributed by atoms with Crippen LogP contribution in [0.1, 0.15) is 24.0 Å². The summed E-state index contributed by atoms with van der Waals surface area (Å²) in [6, 6.07) is 16.0. The molecule has 2 N–H and O–H groups in total. The molecule has 31 heavy (non-hydrogen) atoms. The molecule has 1 aromatic heterocycles. The van der Waals surface area contributed by atoms with Gasteiger partial charge in [0, 0.05) is 37.0 Å². The van der Waals surface area contributed by atoms with Gasteiger partial charge in [0.25, 0.3) is 0 Å². The number of ether oxygens (including phenoxy) is 1. The second kappa shape index (κ2) is 9.04. The van der Waals surface area contributed by atoms with Crippen LogP contribution in [0.15, 0.2) is 60.8 Å². The largest absolute Gasteiger partial charge is 0.461 e. The lowest BCUT2D eigenvalue weighted by Gasteiger charge is -2.29. The molecule has 0 unspecified atom stereocenters. The smallest absolute Gasteiger partial charge is 0.306 e. The van der Waals surface area contributed by atoms with Crippen molar-refractivity contribution in [1.29, 1.82) is 0 Å². The summed E-state index contributed by atoms with van der Waals surface area (Å²) < 4.78 is 7.25. The summed E-state index contributed by atoms with van der Waals surface area (Å²) in [4.78, 5) is 37.1. The van der Waals surface area contributed by atoms with Crippen LogP contribution in [0.5, 0.6) is 0 Å². The van der Waals surface area contributed by atoms with Crippen LogP contribution in [0.25, 0.3) is 10.9 Å². The molecule has 0 bridgehead atoms. The van der Waals surface area contributed by atoms with E-state index < -0.39 is 18.1 Å². The zero-order chi connectivity index (χ0) is 21.8. The van der Waals surface area contributed by atoms with Gasteiger partial charge in [-0.25, -0.2) is 0 Å². The van der Waals surface area contributed by atoms with Crippen LogP contribution in [0, 0.1) is 0 Å². The summed E-state index contributed by atoms with van der Waals surface area (Å²) in [6.07, 6.45) is 2.65. The van der Waals surface area contributed by atoms with E-state index in [2.05, 4.69) is 10.6 Å². The number of nitrogens with zero attached hydrogens (tertiary/aromatic N) is 1. The molecule has 1 aliphatic heterocycles. The molecule has 2 aromatic carbocycles. The number of amides is 2. The molecule has 2 atom stereocenters. The minimum atomic E-state index is -0.736. The molecule has 0 saturated carbocycles. The lowest BCUT2D eigenvalue weighted by atomic mass is 10.00. The normalized spacial score (nSPS) is 18.5. The summed E-state index contributed by atoms with van der Waals surface area (Å²) in [6.45, 7) is 0.190. The van der Waals surface area contributed by atoms with E-state index in [1.165, 1.54) is 0 Å². The number of benzene rings is 2. The van der Waals surface area contributed by atoms with Crippen molar-refractivity contribution in [3.63, 3.8) is 0 Å². The minimum absolute atomic E-state index is 0.0548. The molecular formula is C24H25N3O4. The Morgan fingerprint density at radius 3 is 2.45 bits per heavy atom. The maximum absolute atomic E-state index is 12.6. The molecule has 1 fully saturated rings. The average molecular weight is 419 g/mol. The van der Waals surface area contributed by atoms with Crippen LogP contribution >= 0.6 is 0 Å². The number of para-hydroxylation sites is 1. The van der Waals surface area contributed by atoms with Crippen molar-refractivity contribution in [1.82, 2.24) is 15.2 Å². The third-order valence-electron chi connectivity index (χ3n) is 5.55. The van der Waals surface area contributed by atoms with Crippen molar-refractivity contribution >= 4 is 28.7 Å². The molecule has 2 heterocycles. The van der Waals surface area contributed by atoms with Crippen LogP contribution in [0.4, 0.5) is 0 Å². The van der Waals surface area contributed by atoms with Gasteiger partial charge in [-0.1, -0.05) is 48.5 Å². The van der Waals surface area contributed by atoms with Crippen LogP contribution < -0.4 is 10.6 Å². The summed E-state index contributed by atoms with van der Waals surface area (Å²) in [7, 11) is 1.96. The Morgan fingerprint density at radius 2 is 1.65 bits per heavy atom. The first-order valence-corrected chi connectivity index (χ1v) is 10.3. The summed E-state index contributed by atoms with van der Waals surface area (Å²) in [5.41, 5.74) is 2.98. The second-order valence-electron chi connectivity index (χ2n) is 7.79. The first-order valence-electron chi connectivity index (χ1n) is 10.3. The van der Waals surface area contributed by atoms with Crippen molar-refractivity contribution in [3.8, 4) is 0 Å². The number of hydrogen-bond donors (Lipinski definition) is 2. The number of fused-ring (bicyclic) bond motifs is 1. The van der Waals surface area contributed by atoms with Gasteiger partial charge in [-0.15, -0.1) is 0 Å². The fourth-order valence-electron chi connectivity index (χ4n) is 3.90. The van der Waals surface area contributed by atoms with Crippen molar-refractivity contribution in [3.05, 3.63) is 71.9 Å². The molecule has 3 aromatic rings. The maximum atomic E-state index is 12.6. The number of nitrogens with one attached hydrogen (secondary N) is 2. The summed E-state index contributed by atoms with van der Waals surface area (Å²) >= 11 is 0. The highest BCUT2D eigenvalue weighted by atomic mass is 16.5. The predicted molar refractivity (Wildman–Crippen MR) is 116 cm³/mol. The fraction of sp³-hybridized carbons (Fsp3) is 0.292. The van der Waals surface area contributed by atoms with Gasteiger partial charge in [-0.05, 0) is 23.6 Å². The first-order chi connectivity index (χ1) is 15.0. The van der Waals surface area contributed by atoms with E-state index >= 15 is 0 Å². The highest BCUT2D eigenvalue weighted by molar-refractivity contribution is 5.97.